The van der Waals surface area contributed by atoms with E-state index in [4.69, 9.17) is 4.74 Å². The molecule has 1 atom stereocenters. The summed E-state index contributed by atoms with van der Waals surface area (Å²) in [4.78, 5) is 24.3. The average Bonchev–Trinajstić information content (AvgIpc) is 2.63. The van der Waals surface area contributed by atoms with Gasteiger partial charge in [0.05, 0.1) is 18.7 Å². The first-order valence-corrected chi connectivity index (χ1v) is 4.81. The quantitative estimate of drug-likeness (QED) is 0.687. The number of hydrogen-bond acceptors (Lipinski definition) is 4. The third kappa shape index (κ3) is 2.10. The van der Waals surface area contributed by atoms with Gasteiger partial charge in [0, 0.05) is 6.61 Å². The highest BCUT2D eigenvalue weighted by molar-refractivity contribution is 5.06. The lowest BCUT2D eigenvalue weighted by Gasteiger charge is -2.12. The lowest BCUT2D eigenvalue weighted by Crippen LogP contribution is -2.32. The van der Waals surface area contributed by atoms with Gasteiger partial charge in [-0.25, -0.2) is 4.79 Å². The Hall–Kier alpha value is -1.56. The highest BCUT2D eigenvalue weighted by Crippen LogP contribution is 2.14. The summed E-state index contributed by atoms with van der Waals surface area (Å²) >= 11 is 0. The van der Waals surface area contributed by atoms with Crippen molar-refractivity contribution in [1.82, 2.24) is 9.55 Å². The zero-order chi connectivity index (χ0) is 10.8. The second kappa shape index (κ2) is 3.90. The Kier molecular flexibility index (Phi) is 2.59. The Morgan fingerprint density at radius 2 is 2.40 bits per heavy atom. The van der Waals surface area contributed by atoms with Crippen molar-refractivity contribution in [3.8, 4) is 5.88 Å². The summed E-state index contributed by atoms with van der Waals surface area (Å²) in [5.41, 5.74) is -1.20. The van der Waals surface area contributed by atoms with Crippen LogP contribution in [0.2, 0.25) is 0 Å². The summed E-state index contributed by atoms with van der Waals surface area (Å²) in [6, 6.07) is 0.982. The molecule has 2 rings (SSSR count). The molecule has 1 aliphatic heterocycles. The molecule has 0 aliphatic carbocycles. The van der Waals surface area contributed by atoms with E-state index >= 15 is 0 Å². The van der Waals surface area contributed by atoms with Gasteiger partial charge in [-0.05, 0) is 12.8 Å². The topological polar surface area (TPSA) is 84.3 Å². The normalized spacial score (nSPS) is 20.7. The number of H-pyrrole nitrogens is 1. The molecule has 2 N–H and O–H groups in total. The fraction of sp³-hybridized carbons (Fsp3) is 0.556. The van der Waals surface area contributed by atoms with Crippen LogP contribution in [-0.4, -0.2) is 27.4 Å². The number of aromatic hydroxyl groups is 1. The Morgan fingerprint density at radius 1 is 1.60 bits per heavy atom. The molecule has 0 aromatic carbocycles. The molecule has 0 saturated carbocycles. The minimum atomic E-state index is -0.601. The van der Waals surface area contributed by atoms with Gasteiger partial charge in [-0.15, -0.1) is 0 Å². The van der Waals surface area contributed by atoms with Gasteiger partial charge in [-0.3, -0.25) is 14.3 Å². The molecular weight excluding hydrogens is 200 g/mol. The third-order valence-corrected chi connectivity index (χ3v) is 2.42. The second-order valence-corrected chi connectivity index (χ2v) is 3.54. The van der Waals surface area contributed by atoms with Gasteiger partial charge in [0.1, 0.15) is 0 Å². The van der Waals surface area contributed by atoms with E-state index < -0.39 is 11.2 Å². The molecule has 0 radical (unpaired) electrons. The number of rotatable bonds is 2. The number of aromatic amines is 1. The number of ether oxygens (including phenoxy) is 1. The van der Waals surface area contributed by atoms with Crippen molar-refractivity contribution in [3.63, 3.8) is 0 Å². The number of nitrogens with zero attached hydrogens (tertiary/aromatic N) is 1. The van der Waals surface area contributed by atoms with E-state index in [0.29, 0.717) is 6.61 Å². The molecule has 82 valence electrons. The second-order valence-electron chi connectivity index (χ2n) is 3.54. The Balaban J connectivity index is 2.27. The average molecular weight is 212 g/mol. The van der Waals surface area contributed by atoms with E-state index in [9.17, 15) is 14.7 Å². The Morgan fingerprint density at radius 3 is 3.00 bits per heavy atom. The zero-order valence-corrected chi connectivity index (χ0v) is 8.10. The van der Waals surface area contributed by atoms with Gasteiger partial charge in [-0.2, -0.15) is 0 Å². The minimum absolute atomic E-state index is 0.0560. The van der Waals surface area contributed by atoms with Crippen LogP contribution in [0.25, 0.3) is 0 Å². The smallest absolute Gasteiger partial charge is 0.331 e. The predicted molar refractivity (Wildman–Crippen MR) is 52.0 cm³/mol. The zero-order valence-electron chi connectivity index (χ0n) is 8.10. The molecule has 1 aromatic heterocycles. The van der Waals surface area contributed by atoms with Crippen LogP contribution in [0.3, 0.4) is 0 Å². The van der Waals surface area contributed by atoms with Gasteiger partial charge in [0.2, 0.25) is 5.88 Å². The summed E-state index contributed by atoms with van der Waals surface area (Å²) < 4.78 is 6.44. The van der Waals surface area contributed by atoms with Gasteiger partial charge < -0.3 is 9.84 Å². The summed E-state index contributed by atoms with van der Waals surface area (Å²) in [7, 11) is 0. The van der Waals surface area contributed by atoms with Gasteiger partial charge in [-0.1, -0.05) is 0 Å². The monoisotopic (exact) mass is 212 g/mol. The molecule has 15 heavy (non-hydrogen) atoms. The van der Waals surface area contributed by atoms with Crippen LogP contribution in [-0.2, 0) is 11.3 Å². The van der Waals surface area contributed by atoms with Crippen LogP contribution < -0.4 is 11.2 Å². The van der Waals surface area contributed by atoms with Crippen molar-refractivity contribution in [3.05, 3.63) is 26.9 Å². The number of nitrogens with one attached hydrogen (secondary N) is 1. The fourth-order valence-electron chi connectivity index (χ4n) is 1.68. The highest BCUT2D eigenvalue weighted by Gasteiger charge is 2.18. The van der Waals surface area contributed by atoms with Crippen LogP contribution >= 0.6 is 0 Å². The van der Waals surface area contributed by atoms with Crippen LogP contribution in [0.15, 0.2) is 15.7 Å². The molecule has 0 unspecified atom stereocenters. The van der Waals surface area contributed by atoms with Crippen LogP contribution in [0, 0.1) is 0 Å². The first-order valence-electron chi connectivity index (χ1n) is 4.81. The Bertz CT molecular complexity index is 456. The minimum Gasteiger partial charge on any atom is -0.494 e. The van der Waals surface area contributed by atoms with Crippen molar-refractivity contribution >= 4 is 0 Å². The first-order chi connectivity index (χ1) is 7.16. The summed E-state index contributed by atoms with van der Waals surface area (Å²) in [5.74, 6) is -0.320. The maximum Gasteiger partial charge on any atom is 0.331 e. The summed E-state index contributed by atoms with van der Waals surface area (Å²) in [6.07, 6.45) is 1.77. The molecule has 1 aliphatic rings. The van der Waals surface area contributed by atoms with Crippen molar-refractivity contribution < 1.29 is 9.84 Å². The maximum absolute atomic E-state index is 11.3. The van der Waals surface area contributed by atoms with Crippen LogP contribution in [0.1, 0.15) is 12.8 Å². The van der Waals surface area contributed by atoms with E-state index in [-0.39, 0.29) is 18.5 Å². The molecule has 1 saturated heterocycles. The molecule has 1 aromatic rings. The molecule has 0 amide bonds. The molecular formula is C9H12N2O4. The molecule has 0 spiro atoms. The van der Waals surface area contributed by atoms with Crippen LogP contribution in [0.4, 0.5) is 0 Å². The summed E-state index contributed by atoms with van der Waals surface area (Å²) in [6.45, 7) is 0.963. The lowest BCUT2D eigenvalue weighted by atomic mass is 10.2. The molecule has 6 heteroatoms. The third-order valence-electron chi connectivity index (χ3n) is 2.42. The van der Waals surface area contributed by atoms with E-state index in [1.54, 1.807) is 0 Å². The predicted octanol–water partition coefficient (Wildman–Crippen LogP) is -0.579. The van der Waals surface area contributed by atoms with E-state index in [1.807, 2.05) is 0 Å². The van der Waals surface area contributed by atoms with Crippen molar-refractivity contribution in [1.29, 1.82) is 0 Å². The highest BCUT2D eigenvalue weighted by atomic mass is 16.5. The van der Waals surface area contributed by atoms with E-state index in [1.165, 1.54) is 0 Å². The molecule has 6 nitrogen and oxygen atoms in total. The molecule has 1 fully saturated rings. The van der Waals surface area contributed by atoms with Gasteiger partial charge >= 0.3 is 5.69 Å². The standard InChI is InChI=1S/C9H12N2O4/c12-7-4-8(13)11(9(14)10-7)5-6-2-1-3-15-6/h4,6,13H,1-3,5H2,(H,10,12,14)/t6-/m1/s1. The largest absolute Gasteiger partial charge is 0.494 e. The molecule has 0 bridgehead atoms. The lowest BCUT2D eigenvalue weighted by molar-refractivity contribution is 0.0934. The Labute approximate surface area is 85.1 Å². The van der Waals surface area contributed by atoms with Crippen molar-refractivity contribution in [2.45, 2.75) is 25.5 Å². The van der Waals surface area contributed by atoms with Crippen molar-refractivity contribution in [2.24, 2.45) is 0 Å². The van der Waals surface area contributed by atoms with Crippen molar-refractivity contribution in [2.75, 3.05) is 6.61 Å². The van der Waals surface area contributed by atoms with Gasteiger partial charge in [0.15, 0.2) is 0 Å². The van der Waals surface area contributed by atoms with Gasteiger partial charge in [0.25, 0.3) is 5.56 Å². The molecule has 2 heterocycles. The maximum atomic E-state index is 11.3. The number of hydrogen-bond donors (Lipinski definition) is 2. The van der Waals surface area contributed by atoms with E-state index in [0.717, 1.165) is 23.5 Å². The summed E-state index contributed by atoms with van der Waals surface area (Å²) in [5, 5.41) is 9.42. The SMILES string of the molecule is O=c1cc(O)n(C[C@H]2CCCO2)c(=O)[nH]1. The fourth-order valence-corrected chi connectivity index (χ4v) is 1.68. The van der Waals surface area contributed by atoms with Crippen LogP contribution in [0.5, 0.6) is 5.88 Å². The van der Waals surface area contributed by atoms with E-state index in [2.05, 4.69) is 4.98 Å². The number of aromatic nitrogens is 2. The first kappa shape index (κ1) is 9.97.